The summed E-state index contributed by atoms with van der Waals surface area (Å²) in [6.07, 6.45) is 0.868. The first-order chi connectivity index (χ1) is 10.1. The maximum Gasteiger partial charge on any atom is 0.311 e. The molecular weight excluding hydrogens is 344 g/mol. The molecule has 0 unspecified atom stereocenters. The number of nitrogens with zero attached hydrogens (tertiary/aromatic N) is 4. The molecular formula is C12H13BrN4O4. The molecule has 0 saturated carbocycles. The number of halogens is 1. The van der Waals surface area contributed by atoms with Gasteiger partial charge >= 0.3 is 5.97 Å². The van der Waals surface area contributed by atoms with Gasteiger partial charge in [0.15, 0.2) is 10.4 Å². The number of furan rings is 1. The maximum atomic E-state index is 11.7. The molecule has 2 aromatic rings. The Morgan fingerprint density at radius 2 is 2.19 bits per heavy atom. The summed E-state index contributed by atoms with van der Waals surface area (Å²) in [5.74, 6) is 0.0418. The van der Waals surface area contributed by atoms with Gasteiger partial charge in [0.2, 0.25) is 5.82 Å². The summed E-state index contributed by atoms with van der Waals surface area (Å²) in [4.78, 5) is 11.7. The Labute approximate surface area is 128 Å². The van der Waals surface area contributed by atoms with Crippen molar-refractivity contribution in [1.29, 1.82) is 0 Å². The fraction of sp³-hybridized carbons (Fsp3) is 0.500. The Bertz CT molecular complexity index is 647. The molecule has 0 bridgehead atoms. The second kappa shape index (κ2) is 5.57. The summed E-state index contributed by atoms with van der Waals surface area (Å²) in [6, 6.07) is 3.46. The van der Waals surface area contributed by atoms with E-state index in [1.165, 1.54) is 4.68 Å². The zero-order chi connectivity index (χ0) is 14.9. The lowest BCUT2D eigenvalue weighted by molar-refractivity contribution is -0.156. The monoisotopic (exact) mass is 356 g/mol. The Kier molecular flexibility index (Phi) is 3.77. The molecule has 112 valence electrons. The highest BCUT2D eigenvalue weighted by molar-refractivity contribution is 9.10. The number of rotatable bonds is 4. The van der Waals surface area contributed by atoms with E-state index in [0.29, 0.717) is 42.3 Å². The number of ether oxygens (including phenoxy) is 1. The van der Waals surface area contributed by atoms with E-state index >= 15 is 0 Å². The van der Waals surface area contributed by atoms with E-state index < -0.39 is 11.4 Å². The highest BCUT2D eigenvalue weighted by atomic mass is 79.9. The highest BCUT2D eigenvalue weighted by Crippen LogP contribution is 2.34. The van der Waals surface area contributed by atoms with Crippen LogP contribution < -0.4 is 0 Å². The number of hydrogen-bond donors (Lipinski definition) is 1. The van der Waals surface area contributed by atoms with E-state index in [9.17, 15) is 9.90 Å². The smallest absolute Gasteiger partial charge is 0.311 e. The SMILES string of the molecule is O=C(O)C1(Cn2nnnc2-c2ccc(Br)o2)CCOCC1. The number of carboxylic acid groups (broad SMARTS) is 1. The largest absolute Gasteiger partial charge is 0.481 e. The summed E-state index contributed by atoms with van der Waals surface area (Å²) in [5, 5.41) is 21.0. The molecule has 3 rings (SSSR count). The number of aliphatic carboxylic acids is 1. The minimum atomic E-state index is -0.911. The van der Waals surface area contributed by atoms with Gasteiger partial charge in [-0.15, -0.1) is 5.10 Å². The predicted molar refractivity (Wildman–Crippen MR) is 73.3 cm³/mol. The van der Waals surface area contributed by atoms with Crippen molar-refractivity contribution in [2.24, 2.45) is 5.41 Å². The van der Waals surface area contributed by atoms with E-state index in [1.54, 1.807) is 12.1 Å². The number of tetrazole rings is 1. The fourth-order valence-corrected chi connectivity index (χ4v) is 2.72. The van der Waals surface area contributed by atoms with Gasteiger partial charge in [0.1, 0.15) is 0 Å². The van der Waals surface area contributed by atoms with Crippen LogP contribution in [0.25, 0.3) is 11.6 Å². The van der Waals surface area contributed by atoms with Crippen molar-refractivity contribution in [2.45, 2.75) is 19.4 Å². The second-order valence-electron chi connectivity index (χ2n) is 4.96. The summed E-state index contributed by atoms with van der Waals surface area (Å²) >= 11 is 3.22. The number of carboxylic acids is 1. The zero-order valence-corrected chi connectivity index (χ0v) is 12.6. The molecule has 21 heavy (non-hydrogen) atoms. The van der Waals surface area contributed by atoms with Gasteiger partial charge < -0.3 is 14.3 Å². The predicted octanol–water partition coefficient (Wildman–Crippen LogP) is 1.58. The average Bonchev–Trinajstić information content (AvgIpc) is 3.08. The van der Waals surface area contributed by atoms with Gasteiger partial charge in [-0.25, -0.2) is 4.68 Å². The van der Waals surface area contributed by atoms with Crippen molar-refractivity contribution >= 4 is 21.9 Å². The van der Waals surface area contributed by atoms with Crippen LogP contribution >= 0.6 is 15.9 Å². The third-order valence-electron chi connectivity index (χ3n) is 3.68. The van der Waals surface area contributed by atoms with Crippen LogP contribution in [-0.2, 0) is 16.1 Å². The number of aromatic nitrogens is 4. The van der Waals surface area contributed by atoms with Crippen LogP contribution in [0.15, 0.2) is 21.2 Å². The summed E-state index contributed by atoms with van der Waals surface area (Å²) < 4.78 is 12.7. The molecule has 0 atom stereocenters. The van der Waals surface area contributed by atoms with Crippen LogP contribution in [0.4, 0.5) is 0 Å². The standard InChI is InChI=1S/C12H13BrN4O4/c13-9-2-1-8(21-9)10-14-15-16-17(10)7-12(11(18)19)3-5-20-6-4-12/h1-2H,3-7H2,(H,18,19). The minimum Gasteiger partial charge on any atom is -0.481 e. The first kappa shape index (κ1) is 14.2. The van der Waals surface area contributed by atoms with Crippen LogP contribution in [0.1, 0.15) is 12.8 Å². The van der Waals surface area contributed by atoms with Gasteiger partial charge in [0.25, 0.3) is 0 Å². The normalized spacial score (nSPS) is 17.8. The van der Waals surface area contributed by atoms with Crippen molar-refractivity contribution in [3.05, 3.63) is 16.8 Å². The molecule has 1 fully saturated rings. The van der Waals surface area contributed by atoms with E-state index in [1.807, 2.05) is 0 Å². The quantitative estimate of drug-likeness (QED) is 0.886. The third kappa shape index (κ3) is 2.70. The zero-order valence-electron chi connectivity index (χ0n) is 11.0. The molecule has 2 aromatic heterocycles. The van der Waals surface area contributed by atoms with Crippen molar-refractivity contribution in [2.75, 3.05) is 13.2 Å². The number of carbonyl (C=O) groups is 1. The van der Waals surface area contributed by atoms with E-state index in [4.69, 9.17) is 9.15 Å². The molecule has 0 aromatic carbocycles. The molecule has 9 heteroatoms. The van der Waals surface area contributed by atoms with E-state index in [2.05, 4.69) is 31.5 Å². The summed E-state index contributed by atoms with van der Waals surface area (Å²) in [6.45, 7) is 1.04. The minimum absolute atomic E-state index is 0.187. The second-order valence-corrected chi connectivity index (χ2v) is 5.74. The molecule has 0 radical (unpaired) electrons. The van der Waals surface area contributed by atoms with Crippen molar-refractivity contribution in [1.82, 2.24) is 20.2 Å². The molecule has 8 nitrogen and oxygen atoms in total. The average molecular weight is 357 g/mol. The van der Waals surface area contributed by atoms with Gasteiger partial charge in [-0.3, -0.25) is 4.79 Å². The third-order valence-corrected chi connectivity index (χ3v) is 4.11. The lowest BCUT2D eigenvalue weighted by Gasteiger charge is -2.32. The lowest BCUT2D eigenvalue weighted by Crippen LogP contribution is -2.41. The van der Waals surface area contributed by atoms with Crippen LogP contribution in [-0.4, -0.2) is 44.5 Å². The molecule has 0 spiro atoms. The Morgan fingerprint density at radius 1 is 1.43 bits per heavy atom. The Balaban J connectivity index is 1.91. The van der Waals surface area contributed by atoms with Crippen LogP contribution in [0.2, 0.25) is 0 Å². The van der Waals surface area contributed by atoms with Crippen molar-refractivity contribution in [3.63, 3.8) is 0 Å². The van der Waals surface area contributed by atoms with Gasteiger partial charge in [0.05, 0.1) is 12.0 Å². The highest BCUT2D eigenvalue weighted by Gasteiger charge is 2.41. The van der Waals surface area contributed by atoms with Gasteiger partial charge in [-0.1, -0.05) is 0 Å². The summed E-state index contributed by atoms with van der Waals surface area (Å²) in [5.41, 5.74) is -0.911. The lowest BCUT2D eigenvalue weighted by atomic mass is 9.80. The molecule has 1 saturated heterocycles. The fourth-order valence-electron chi connectivity index (χ4n) is 2.41. The topological polar surface area (TPSA) is 103 Å². The molecule has 0 amide bonds. The van der Waals surface area contributed by atoms with Crippen LogP contribution in [0.3, 0.4) is 0 Å². The van der Waals surface area contributed by atoms with Crippen LogP contribution in [0, 0.1) is 5.41 Å². The van der Waals surface area contributed by atoms with Crippen LogP contribution in [0.5, 0.6) is 0 Å². The van der Waals surface area contributed by atoms with E-state index in [-0.39, 0.29) is 6.54 Å². The van der Waals surface area contributed by atoms with E-state index in [0.717, 1.165) is 0 Å². The molecule has 1 aliphatic rings. The van der Waals surface area contributed by atoms with Gasteiger partial charge in [-0.05, 0) is 51.3 Å². The number of hydrogen-bond acceptors (Lipinski definition) is 6. The van der Waals surface area contributed by atoms with Crippen molar-refractivity contribution in [3.8, 4) is 11.6 Å². The van der Waals surface area contributed by atoms with Crippen molar-refractivity contribution < 1.29 is 19.1 Å². The summed E-state index contributed by atoms with van der Waals surface area (Å²) in [7, 11) is 0. The maximum absolute atomic E-state index is 11.7. The first-order valence-corrected chi connectivity index (χ1v) is 7.23. The molecule has 1 aliphatic heterocycles. The van der Waals surface area contributed by atoms with Gasteiger partial charge in [0, 0.05) is 13.2 Å². The first-order valence-electron chi connectivity index (χ1n) is 6.44. The molecule has 0 aliphatic carbocycles. The Morgan fingerprint density at radius 3 is 2.81 bits per heavy atom. The van der Waals surface area contributed by atoms with Gasteiger partial charge in [-0.2, -0.15) is 0 Å². The Hall–Kier alpha value is -1.74. The molecule has 3 heterocycles. The molecule has 1 N–H and O–H groups in total.